The number of rotatable bonds is 3. The van der Waals surface area contributed by atoms with Crippen molar-refractivity contribution in [2.75, 3.05) is 6.66 Å². The molecule has 0 aliphatic heterocycles. The van der Waals surface area contributed by atoms with Crippen molar-refractivity contribution in [2.24, 2.45) is 0 Å². The highest BCUT2D eigenvalue weighted by Gasteiger charge is 2.38. The molecule has 3 nitrogen and oxygen atoms in total. The van der Waals surface area contributed by atoms with Gasteiger partial charge in [0.25, 0.3) is 0 Å². The van der Waals surface area contributed by atoms with E-state index in [4.69, 9.17) is 39.3 Å². The summed E-state index contributed by atoms with van der Waals surface area (Å²) >= 11 is 17.1. The third kappa shape index (κ3) is 4.62. The lowest BCUT2D eigenvalue weighted by molar-refractivity contribution is 0.182. The highest BCUT2D eigenvalue weighted by atomic mass is 35.6. The van der Waals surface area contributed by atoms with Crippen LogP contribution in [-0.4, -0.2) is 15.4 Å². The Kier molecular flexibility index (Phi) is 4.70. The molecule has 7 heteroatoms. The molecule has 0 aliphatic rings. The summed E-state index contributed by atoms with van der Waals surface area (Å²) in [7, 11) is -3.74. The van der Waals surface area contributed by atoms with Gasteiger partial charge in [0.1, 0.15) is 6.10 Å². The van der Waals surface area contributed by atoms with Crippen LogP contribution in [0, 0.1) is 0 Å². The molecule has 0 radical (unpaired) electrons. The first-order valence-electron chi connectivity index (χ1n) is 4.30. The van der Waals surface area contributed by atoms with Crippen LogP contribution >= 0.6 is 42.4 Å². The average Bonchev–Trinajstić information content (AvgIpc) is 2.13. The van der Waals surface area contributed by atoms with Crippen LogP contribution in [-0.2, 0) is 9.09 Å². The van der Waals surface area contributed by atoms with Crippen molar-refractivity contribution < 1.29 is 14.0 Å². The van der Waals surface area contributed by atoms with Crippen molar-refractivity contribution >= 4 is 42.4 Å². The van der Waals surface area contributed by atoms with Crippen molar-refractivity contribution in [3.8, 4) is 0 Å². The summed E-state index contributed by atoms with van der Waals surface area (Å²) in [6.45, 7) is 1.04. The third-order valence-corrected chi connectivity index (χ3v) is 2.90. The van der Waals surface area contributed by atoms with E-state index in [1.807, 2.05) is 0 Å². The molecule has 0 bridgehead atoms. The highest BCUT2D eigenvalue weighted by molar-refractivity contribution is 7.51. The predicted octanol–water partition coefficient (Wildman–Crippen LogP) is 3.93. The zero-order chi connectivity index (χ0) is 12.4. The zero-order valence-electron chi connectivity index (χ0n) is 8.31. The predicted molar refractivity (Wildman–Crippen MR) is 66.3 cm³/mol. The Labute approximate surface area is 109 Å². The van der Waals surface area contributed by atoms with Crippen molar-refractivity contribution in [1.29, 1.82) is 0 Å². The Morgan fingerprint density at radius 3 is 2.19 bits per heavy atom. The average molecular weight is 304 g/mol. The molecule has 0 spiro atoms. The molecule has 0 amide bonds. The van der Waals surface area contributed by atoms with E-state index in [1.54, 1.807) is 30.3 Å². The molecular weight excluding hydrogens is 293 g/mol. The molecule has 2 unspecified atom stereocenters. The molecule has 1 rings (SSSR count). The molecule has 0 aromatic heterocycles. The summed E-state index contributed by atoms with van der Waals surface area (Å²) in [6.07, 6.45) is -1.08. The van der Waals surface area contributed by atoms with Gasteiger partial charge in [0.2, 0.25) is 3.79 Å². The number of benzene rings is 1. The van der Waals surface area contributed by atoms with Gasteiger partial charge in [-0.05, 0) is 5.56 Å². The first-order chi connectivity index (χ1) is 7.20. The number of alkyl halides is 3. The molecule has 1 aromatic rings. The van der Waals surface area contributed by atoms with Gasteiger partial charge in [-0.1, -0.05) is 65.1 Å². The van der Waals surface area contributed by atoms with Gasteiger partial charge in [0, 0.05) is 6.66 Å². The maximum Gasteiger partial charge on any atom is 0.325 e. The molecule has 0 saturated heterocycles. The summed E-state index contributed by atoms with van der Waals surface area (Å²) in [5.41, 5.74) is 0.527. The van der Waals surface area contributed by atoms with Crippen molar-refractivity contribution in [3.63, 3.8) is 0 Å². The molecule has 16 heavy (non-hydrogen) atoms. The van der Waals surface area contributed by atoms with Gasteiger partial charge < -0.3 is 4.89 Å². The first-order valence-corrected chi connectivity index (χ1v) is 7.46. The molecule has 0 fully saturated rings. The maximum atomic E-state index is 11.2. The highest BCUT2D eigenvalue weighted by Crippen LogP contribution is 2.51. The van der Waals surface area contributed by atoms with Gasteiger partial charge in [0.05, 0.1) is 0 Å². The summed E-state index contributed by atoms with van der Waals surface area (Å²) in [5, 5.41) is 0. The van der Waals surface area contributed by atoms with Gasteiger partial charge in [-0.25, -0.2) is 0 Å². The minimum atomic E-state index is -3.74. The first kappa shape index (κ1) is 14.3. The summed E-state index contributed by atoms with van der Waals surface area (Å²) in [6, 6.07) is 8.54. The maximum absolute atomic E-state index is 11.2. The van der Waals surface area contributed by atoms with Crippen molar-refractivity contribution in [3.05, 3.63) is 35.9 Å². The summed E-state index contributed by atoms with van der Waals surface area (Å²) in [4.78, 5) is 9.17. The van der Waals surface area contributed by atoms with Crippen LogP contribution in [0.5, 0.6) is 0 Å². The quantitative estimate of drug-likeness (QED) is 0.680. The second-order valence-electron chi connectivity index (χ2n) is 3.24. The van der Waals surface area contributed by atoms with E-state index in [2.05, 4.69) is 0 Å². The third-order valence-electron chi connectivity index (χ3n) is 1.70. The van der Waals surface area contributed by atoms with Gasteiger partial charge in [-0.3, -0.25) is 9.09 Å². The van der Waals surface area contributed by atoms with E-state index >= 15 is 0 Å². The van der Waals surface area contributed by atoms with Crippen molar-refractivity contribution in [1.82, 2.24) is 0 Å². The van der Waals surface area contributed by atoms with Crippen LogP contribution in [0.15, 0.2) is 30.3 Å². The van der Waals surface area contributed by atoms with E-state index in [0.717, 1.165) is 6.66 Å². The van der Waals surface area contributed by atoms with Gasteiger partial charge in [0.15, 0.2) is 0 Å². The monoisotopic (exact) mass is 302 g/mol. The van der Waals surface area contributed by atoms with E-state index in [9.17, 15) is 9.46 Å². The standard InChI is InChI=1S/C9H10Cl3O3P/c1-16(13,14)15-8(9(10,11)12)7-5-3-2-4-6-7/h2-6,8H,1H3,(H,13,14). The summed E-state index contributed by atoms with van der Waals surface area (Å²) < 4.78 is 14.3. The van der Waals surface area contributed by atoms with Gasteiger partial charge in [-0.15, -0.1) is 0 Å². The van der Waals surface area contributed by atoms with E-state index in [1.165, 1.54) is 0 Å². The van der Waals surface area contributed by atoms with Crippen LogP contribution in [0.25, 0.3) is 0 Å². The molecule has 1 aromatic carbocycles. The minimum Gasteiger partial charge on any atom is -0.324 e. The lowest BCUT2D eigenvalue weighted by Gasteiger charge is -2.25. The fourth-order valence-corrected chi connectivity index (χ4v) is 2.50. The smallest absolute Gasteiger partial charge is 0.324 e. The van der Waals surface area contributed by atoms with Crippen molar-refractivity contribution in [2.45, 2.75) is 9.90 Å². The SMILES string of the molecule is CP(=O)(O)OC(c1ccccc1)C(Cl)(Cl)Cl. The Hall–Kier alpha value is 0.240. The number of halogens is 3. The fourth-order valence-electron chi connectivity index (χ4n) is 1.13. The van der Waals surface area contributed by atoms with Crippen LogP contribution in [0.4, 0.5) is 0 Å². The summed E-state index contributed by atoms with van der Waals surface area (Å²) in [5.74, 6) is 0. The minimum absolute atomic E-state index is 0.527. The fraction of sp³-hybridized carbons (Fsp3) is 0.333. The van der Waals surface area contributed by atoms with Gasteiger partial charge >= 0.3 is 7.60 Å². The van der Waals surface area contributed by atoms with E-state index in [0.29, 0.717) is 5.56 Å². The molecule has 90 valence electrons. The second-order valence-corrected chi connectivity index (χ2v) is 7.43. The van der Waals surface area contributed by atoms with Crippen LogP contribution < -0.4 is 0 Å². The van der Waals surface area contributed by atoms with Gasteiger partial charge in [-0.2, -0.15) is 0 Å². The molecule has 0 aliphatic carbocycles. The molecular formula is C9H10Cl3O3P. The Morgan fingerprint density at radius 2 is 1.81 bits per heavy atom. The Bertz CT molecular complexity index is 385. The molecule has 2 atom stereocenters. The lowest BCUT2D eigenvalue weighted by Crippen LogP contribution is -2.19. The molecule has 0 saturated carbocycles. The van der Waals surface area contributed by atoms with Crippen LogP contribution in [0.3, 0.4) is 0 Å². The van der Waals surface area contributed by atoms with Crippen LogP contribution in [0.1, 0.15) is 11.7 Å². The van der Waals surface area contributed by atoms with E-state index < -0.39 is 17.5 Å². The molecule has 0 heterocycles. The second kappa shape index (κ2) is 5.26. The largest absolute Gasteiger partial charge is 0.325 e. The van der Waals surface area contributed by atoms with Crippen LogP contribution in [0.2, 0.25) is 0 Å². The zero-order valence-corrected chi connectivity index (χ0v) is 11.5. The van der Waals surface area contributed by atoms with E-state index in [-0.39, 0.29) is 0 Å². The molecule has 1 N–H and O–H groups in total. The normalized spacial score (nSPS) is 17.8. The topological polar surface area (TPSA) is 46.5 Å². The lowest BCUT2D eigenvalue weighted by atomic mass is 10.1. The number of hydrogen-bond donors (Lipinski definition) is 1. The Morgan fingerprint density at radius 1 is 1.31 bits per heavy atom. The number of hydrogen-bond acceptors (Lipinski definition) is 2. The Balaban J connectivity index is 3.03.